The molecule has 0 atom stereocenters. The molecule has 5 rings (SSSR count). The average molecular weight is 402 g/mol. The molecule has 30 heavy (non-hydrogen) atoms. The number of rotatable bonds is 7. The molecule has 1 fully saturated rings. The third-order valence-electron chi connectivity index (χ3n) is 5.49. The first-order valence-corrected chi connectivity index (χ1v) is 10.5. The van der Waals surface area contributed by atoms with Gasteiger partial charge >= 0.3 is 0 Å². The normalized spacial score (nSPS) is 15.1. The van der Waals surface area contributed by atoms with Crippen molar-refractivity contribution in [1.29, 1.82) is 0 Å². The van der Waals surface area contributed by atoms with Crippen LogP contribution in [-0.4, -0.2) is 54.1 Å². The van der Waals surface area contributed by atoms with Crippen molar-refractivity contribution in [2.75, 3.05) is 39.4 Å². The fourth-order valence-electron chi connectivity index (χ4n) is 3.84. The molecule has 4 aromatic rings. The summed E-state index contributed by atoms with van der Waals surface area (Å²) < 4.78 is 13.5. The Morgan fingerprint density at radius 3 is 2.60 bits per heavy atom. The number of nitrogens with zero attached hydrogens (tertiary/aromatic N) is 3. The molecule has 0 radical (unpaired) electrons. The number of furan rings is 1. The Morgan fingerprint density at radius 2 is 1.77 bits per heavy atom. The van der Waals surface area contributed by atoms with Gasteiger partial charge in [0.15, 0.2) is 5.76 Å². The second-order valence-corrected chi connectivity index (χ2v) is 7.56. The molecule has 2 aromatic carbocycles. The summed E-state index contributed by atoms with van der Waals surface area (Å²) in [5, 5.41) is 9.54. The molecular weight excluding hydrogens is 376 g/mol. The minimum Gasteiger partial charge on any atom is -0.454 e. The van der Waals surface area contributed by atoms with Crippen molar-refractivity contribution in [3.8, 4) is 17.1 Å². The van der Waals surface area contributed by atoms with Crippen LogP contribution in [0.3, 0.4) is 0 Å². The summed E-state index contributed by atoms with van der Waals surface area (Å²) >= 11 is 0. The van der Waals surface area contributed by atoms with E-state index in [9.17, 15) is 0 Å². The number of benzene rings is 2. The highest BCUT2D eigenvalue weighted by Gasteiger charge is 2.16. The molecule has 1 saturated heterocycles. The lowest BCUT2D eigenvalue weighted by Crippen LogP contribution is -2.40. The average Bonchev–Trinajstić information content (AvgIpc) is 3.42. The van der Waals surface area contributed by atoms with Gasteiger partial charge in [-0.25, -0.2) is 4.68 Å². The number of nitrogens with one attached hydrogen (secondary N) is 1. The summed E-state index contributed by atoms with van der Waals surface area (Å²) in [6.45, 7) is 6.38. The van der Waals surface area contributed by atoms with Crippen molar-refractivity contribution in [2.24, 2.45) is 0 Å². The van der Waals surface area contributed by atoms with Crippen molar-refractivity contribution in [2.45, 2.75) is 6.54 Å². The molecule has 3 heterocycles. The smallest absolute Gasteiger partial charge is 0.156 e. The Hall–Kier alpha value is -2.93. The quantitative estimate of drug-likeness (QED) is 0.478. The van der Waals surface area contributed by atoms with Crippen molar-refractivity contribution >= 4 is 11.0 Å². The van der Waals surface area contributed by atoms with Crippen LogP contribution in [0.15, 0.2) is 71.3 Å². The van der Waals surface area contributed by atoms with Gasteiger partial charge in [-0.3, -0.25) is 4.90 Å². The molecule has 0 unspecified atom stereocenters. The Kier molecular flexibility index (Phi) is 5.61. The molecule has 1 aliphatic rings. The molecule has 0 saturated carbocycles. The zero-order chi connectivity index (χ0) is 20.2. The van der Waals surface area contributed by atoms with E-state index in [1.54, 1.807) is 0 Å². The minimum atomic E-state index is 0.740. The van der Waals surface area contributed by atoms with E-state index in [1.165, 1.54) is 0 Å². The predicted molar refractivity (Wildman–Crippen MR) is 118 cm³/mol. The molecule has 6 nitrogen and oxygen atoms in total. The van der Waals surface area contributed by atoms with Crippen molar-refractivity contribution in [3.05, 3.63) is 72.4 Å². The molecule has 1 aliphatic heterocycles. The molecule has 0 amide bonds. The number of fused-ring (bicyclic) bond motifs is 1. The lowest BCUT2D eigenvalue weighted by molar-refractivity contribution is 0.0384. The SMILES string of the molecule is c1ccc(-n2cc(CNCCN3CCOCC3)c(-c3cc4ccccc4o3)n2)cc1. The van der Waals surface area contributed by atoms with Crippen LogP contribution < -0.4 is 5.32 Å². The third-order valence-corrected chi connectivity index (χ3v) is 5.49. The number of ether oxygens (including phenoxy) is 1. The van der Waals surface area contributed by atoms with Crippen molar-refractivity contribution in [1.82, 2.24) is 20.0 Å². The van der Waals surface area contributed by atoms with Gasteiger partial charge in [0.2, 0.25) is 0 Å². The number of morpholine rings is 1. The Bertz CT molecular complexity index is 1060. The Morgan fingerprint density at radius 1 is 0.967 bits per heavy atom. The van der Waals surface area contributed by atoms with Gasteiger partial charge in [0.25, 0.3) is 0 Å². The fraction of sp³-hybridized carbons (Fsp3) is 0.292. The van der Waals surface area contributed by atoms with Crippen LogP contribution in [0.1, 0.15) is 5.56 Å². The number of hydrogen-bond donors (Lipinski definition) is 1. The molecule has 2 aromatic heterocycles. The van der Waals surface area contributed by atoms with Gasteiger partial charge in [-0.1, -0.05) is 36.4 Å². The van der Waals surface area contributed by atoms with E-state index in [2.05, 4.69) is 40.7 Å². The molecule has 0 aliphatic carbocycles. The number of aromatic nitrogens is 2. The van der Waals surface area contributed by atoms with Gasteiger partial charge < -0.3 is 14.5 Å². The van der Waals surface area contributed by atoms with Gasteiger partial charge in [0, 0.05) is 49.9 Å². The second kappa shape index (κ2) is 8.83. The van der Waals surface area contributed by atoms with Gasteiger partial charge in [-0.15, -0.1) is 0 Å². The van der Waals surface area contributed by atoms with E-state index < -0.39 is 0 Å². The van der Waals surface area contributed by atoms with Crippen molar-refractivity contribution < 1.29 is 9.15 Å². The van der Waals surface area contributed by atoms with E-state index in [-0.39, 0.29) is 0 Å². The summed E-state index contributed by atoms with van der Waals surface area (Å²) in [6.07, 6.45) is 2.10. The van der Waals surface area contributed by atoms with Crippen LogP contribution in [0.5, 0.6) is 0 Å². The molecular formula is C24H26N4O2. The summed E-state index contributed by atoms with van der Waals surface area (Å²) in [4.78, 5) is 2.43. The van der Waals surface area contributed by atoms with Crippen LogP contribution in [0.2, 0.25) is 0 Å². The van der Waals surface area contributed by atoms with E-state index in [0.717, 1.165) is 79.6 Å². The summed E-state index contributed by atoms with van der Waals surface area (Å²) in [5.41, 5.74) is 3.93. The standard InChI is InChI=1S/C24H26N4O2/c1-2-7-21(8-3-1)28-18-20(17-25-10-11-27-12-14-29-15-13-27)24(26-28)23-16-19-6-4-5-9-22(19)30-23/h1-9,16,18,25H,10-15,17H2. The van der Waals surface area contributed by atoms with E-state index in [0.29, 0.717) is 0 Å². The molecule has 6 heteroatoms. The highest BCUT2D eigenvalue weighted by atomic mass is 16.5. The van der Waals surface area contributed by atoms with Gasteiger partial charge in [0.05, 0.1) is 18.9 Å². The molecule has 0 spiro atoms. The Labute approximate surface area is 176 Å². The first kappa shape index (κ1) is 19.1. The van der Waals surface area contributed by atoms with Crippen LogP contribution in [-0.2, 0) is 11.3 Å². The fourth-order valence-corrected chi connectivity index (χ4v) is 3.84. The minimum absolute atomic E-state index is 0.740. The molecule has 154 valence electrons. The summed E-state index contributed by atoms with van der Waals surface area (Å²) in [7, 11) is 0. The monoisotopic (exact) mass is 402 g/mol. The maximum absolute atomic E-state index is 6.12. The molecule has 0 bridgehead atoms. The second-order valence-electron chi connectivity index (χ2n) is 7.56. The maximum atomic E-state index is 6.12. The third kappa shape index (κ3) is 4.16. The largest absolute Gasteiger partial charge is 0.454 e. The highest BCUT2D eigenvalue weighted by Crippen LogP contribution is 2.29. The highest BCUT2D eigenvalue weighted by molar-refractivity contribution is 5.82. The number of para-hydroxylation sites is 2. The van der Waals surface area contributed by atoms with Gasteiger partial charge in [0.1, 0.15) is 11.3 Å². The van der Waals surface area contributed by atoms with Crippen LogP contribution >= 0.6 is 0 Å². The van der Waals surface area contributed by atoms with Crippen LogP contribution in [0.4, 0.5) is 0 Å². The van der Waals surface area contributed by atoms with Gasteiger partial charge in [-0.05, 0) is 24.3 Å². The maximum Gasteiger partial charge on any atom is 0.156 e. The summed E-state index contributed by atoms with van der Waals surface area (Å²) in [6, 6.07) is 20.3. The van der Waals surface area contributed by atoms with E-state index in [4.69, 9.17) is 14.3 Å². The first-order valence-electron chi connectivity index (χ1n) is 10.5. The zero-order valence-corrected chi connectivity index (χ0v) is 17.0. The molecule has 1 N–H and O–H groups in total. The van der Waals surface area contributed by atoms with E-state index >= 15 is 0 Å². The predicted octanol–water partition coefficient (Wildman–Crippen LogP) is 3.71. The number of hydrogen-bond acceptors (Lipinski definition) is 5. The summed E-state index contributed by atoms with van der Waals surface area (Å²) in [5.74, 6) is 0.802. The lowest BCUT2D eigenvalue weighted by atomic mass is 10.2. The van der Waals surface area contributed by atoms with Gasteiger partial charge in [-0.2, -0.15) is 5.10 Å². The topological polar surface area (TPSA) is 55.5 Å². The van der Waals surface area contributed by atoms with E-state index in [1.807, 2.05) is 41.1 Å². The van der Waals surface area contributed by atoms with Crippen molar-refractivity contribution in [3.63, 3.8) is 0 Å². The van der Waals surface area contributed by atoms with Crippen LogP contribution in [0.25, 0.3) is 28.1 Å². The Balaban J connectivity index is 1.37. The van der Waals surface area contributed by atoms with Crippen LogP contribution in [0, 0.1) is 0 Å². The zero-order valence-electron chi connectivity index (χ0n) is 17.0. The lowest BCUT2D eigenvalue weighted by Gasteiger charge is -2.26. The first-order chi connectivity index (χ1) is 14.9.